The number of hydrogen-bond acceptors (Lipinski definition) is 2. The van der Waals surface area contributed by atoms with Gasteiger partial charge in [-0.1, -0.05) is 12.1 Å². The summed E-state index contributed by atoms with van der Waals surface area (Å²) in [5, 5.41) is 8.93. The first-order valence-corrected chi connectivity index (χ1v) is 6.25. The van der Waals surface area contributed by atoms with Crippen LogP contribution < -0.4 is 4.90 Å². The highest BCUT2D eigenvalue weighted by Gasteiger charge is 2.40. The summed E-state index contributed by atoms with van der Waals surface area (Å²) in [5.41, 5.74) is 0.143. The molecule has 1 atom stereocenters. The van der Waals surface area contributed by atoms with Gasteiger partial charge in [-0.25, -0.2) is 9.18 Å². The van der Waals surface area contributed by atoms with E-state index in [1.54, 1.807) is 0 Å². The molecule has 1 aliphatic rings. The van der Waals surface area contributed by atoms with Crippen molar-refractivity contribution < 1.29 is 14.3 Å². The summed E-state index contributed by atoms with van der Waals surface area (Å²) >= 11 is 0. The molecule has 1 N–H and O–H groups in total. The molecule has 4 heteroatoms. The number of rotatable bonds is 2. The molecule has 1 aromatic carbocycles. The van der Waals surface area contributed by atoms with E-state index in [9.17, 15) is 9.18 Å². The van der Waals surface area contributed by atoms with E-state index < -0.39 is 11.6 Å². The highest BCUT2D eigenvalue weighted by molar-refractivity contribution is 5.77. The molecule has 1 heterocycles. The SMILES string of the molecule is Cc1cccc(N2CCCC(F)(C(=O)O)CC2)c1. The van der Waals surface area contributed by atoms with E-state index in [0.717, 1.165) is 11.3 Å². The number of hydrogen-bond donors (Lipinski definition) is 1. The molecule has 1 aliphatic heterocycles. The number of anilines is 1. The lowest BCUT2D eigenvalue weighted by Crippen LogP contribution is -2.35. The first-order chi connectivity index (χ1) is 8.51. The first kappa shape index (κ1) is 12.9. The third-order valence-electron chi connectivity index (χ3n) is 3.53. The van der Waals surface area contributed by atoms with Crippen molar-refractivity contribution in [3.63, 3.8) is 0 Å². The van der Waals surface area contributed by atoms with Crippen molar-refractivity contribution in [1.82, 2.24) is 0 Å². The fourth-order valence-corrected chi connectivity index (χ4v) is 2.40. The summed E-state index contributed by atoms with van der Waals surface area (Å²) in [6.07, 6.45) is 0.720. The summed E-state index contributed by atoms with van der Waals surface area (Å²) in [4.78, 5) is 13.0. The number of carbonyl (C=O) groups is 1. The van der Waals surface area contributed by atoms with E-state index >= 15 is 0 Å². The molecule has 0 aromatic heterocycles. The Labute approximate surface area is 106 Å². The predicted molar refractivity (Wildman–Crippen MR) is 68.7 cm³/mol. The molecule has 1 saturated heterocycles. The van der Waals surface area contributed by atoms with Crippen LogP contribution in [0.2, 0.25) is 0 Å². The third kappa shape index (κ3) is 2.63. The van der Waals surface area contributed by atoms with Crippen molar-refractivity contribution in [2.75, 3.05) is 18.0 Å². The largest absolute Gasteiger partial charge is 0.479 e. The number of alkyl halides is 1. The Morgan fingerprint density at radius 2 is 2.17 bits per heavy atom. The van der Waals surface area contributed by atoms with E-state index in [1.165, 1.54) is 0 Å². The van der Waals surface area contributed by atoms with Gasteiger partial charge in [0, 0.05) is 25.2 Å². The van der Waals surface area contributed by atoms with Crippen LogP contribution in [0.25, 0.3) is 0 Å². The first-order valence-electron chi connectivity index (χ1n) is 6.25. The molecule has 0 aliphatic carbocycles. The van der Waals surface area contributed by atoms with Crippen molar-refractivity contribution >= 4 is 11.7 Å². The lowest BCUT2D eigenvalue weighted by atomic mass is 9.97. The van der Waals surface area contributed by atoms with Crippen molar-refractivity contribution in [3.8, 4) is 0 Å². The van der Waals surface area contributed by atoms with Crippen LogP contribution in [0.4, 0.5) is 10.1 Å². The Kier molecular flexibility index (Phi) is 3.55. The normalized spacial score (nSPS) is 24.7. The summed E-state index contributed by atoms with van der Waals surface area (Å²) in [7, 11) is 0. The average Bonchev–Trinajstić information content (AvgIpc) is 2.52. The van der Waals surface area contributed by atoms with Crippen LogP contribution in [0.1, 0.15) is 24.8 Å². The molecule has 0 spiro atoms. The maximum atomic E-state index is 14.1. The number of aryl methyl sites for hydroxylation is 1. The minimum absolute atomic E-state index is 0.0519. The predicted octanol–water partition coefficient (Wildman–Crippen LogP) is 2.78. The van der Waals surface area contributed by atoms with Crippen molar-refractivity contribution in [3.05, 3.63) is 29.8 Å². The Balaban J connectivity index is 2.12. The second-order valence-electron chi connectivity index (χ2n) is 4.95. The van der Waals surface area contributed by atoms with Crippen LogP contribution in [-0.4, -0.2) is 29.8 Å². The van der Waals surface area contributed by atoms with Crippen molar-refractivity contribution in [2.45, 2.75) is 31.9 Å². The third-order valence-corrected chi connectivity index (χ3v) is 3.53. The molecule has 0 amide bonds. The summed E-state index contributed by atoms with van der Waals surface area (Å²) in [6.45, 7) is 3.17. The van der Waals surface area contributed by atoms with Crippen LogP contribution in [0.5, 0.6) is 0 Å². The van der Waals surface area contributed by atoms with Gasteiger partial charge in [0.1, 0.15) is 0 Å². The van der Waals surface area contributed by atoms with Gasteiger partial charge in [0.2, 0.25) is 5.67 Å². The summed E-state index contributed by atoms with van der Waals surface area (Å²) < 4.78 is 14.1. The van der Waals surface area contributed by atoms with Gasteiger partial charge in [0.15, 0.2) is 0 Å². The number of carboxylic acid groups (broad SMARTS) is 1. The standard InChI is InChI=1S/C14H18FNO2/c1-11-4-2-5-12(10-11)16-8-3-6-14(15,7-9-16)13(17)18/h2,4-5,10H,3,6-9H2,1H3,(H,17,18). The maximum absolute atomic E-state index is 14.1. The smallest absolute Gasteiger partial charge is 0.341 e. The quantitative estimate of drug-likeness (QED) is 0.878. The van der Waals surface area contributed by atoms with E-state index in [4.69, 9.17) is 5.11 Å². The van der Waals surface area contributed by atoms with Gasteiger partial charge in [-0.2, -0.15) is 0 Å². The van der Waals surface area contributed by atoms with E-state index in [0.29, 0.717) is 19.5 Å². The molecule has 0 saturated carbocycles. The molecular weight excluding hydrogens is 233 g/mol. The molecule has 98 valence electrons. The summed E-state index contributed by atoms with van der Waals surface area (Å²) in [5.74, 6) is -1.33. The number of benzene rings is 1. The number of aliphatic carboxylic acids is 1. The Hall–Kier alpha value is -1.58. The average molecular weight is 251 g/mol. The topological polar surface area (TPSA) is 40.5 Å². The zero-order valence-electron chi connectivity index (χ0n) is 10.5. The molecule has 1 unspecified atom stereocenters. The molecule has 0 bridgehead atoms. The fourth-order valence-electron chi connectivity index (χ4n) is 2.40. The zero-order chi connectivity index (χ0) is 13.2. The van der Waals surface area contributed by atoms with Gasteiger partial charge in [-0.05, 0) is 37.5 Å². The number of carboxylic acids is 1. The summed E-state index contributed by atoms with van der Waals surface area (Å²) in [6, 6.07) is 8.01. The van der Waals surface area contributed by atoms with Crippen LogP contribution in [0.15, 0.2) is 24.3 Å². The molecule has 0 radical (unpaired) electrons. The van der Waals surface area contributed by atoms with Gasteiger partial charge in [-0.3, -0.25) is 0 Å². The van der Waals surface area contributed by atoms with Gasteiger partial charge >= 0.3 is 5.97 Å². The lowest BCUT2D eigenvalue weighted by Gasteiger charge is -2.23. The van der Waals surface area contributed by atoms with Crippen LogP contribution in [0, 0.1) is 6.92 Å². The molecule has 18 heavy (non-hydrogen) atoms. The van der Waals surface area contributed by atoms with E-state index in [1.807, 2.05) is 31.2 Å². The Bertz CT molecular complexity index is 449. The minimum Gasteiger partial charge on any atom is -0.479 e. The highest BCUT2D eigenvalue weighted by Crippen LogP contribution is 2.29. The second-order valence-corrected chi connectivity index (χ2v) is 4.95. The second kappa shape index (κ2) is 4.96. The molecule has 1 fully saturated rings. The van der Waals surface area contributed by atoms with Crippen LogP contribution >= 0.6 is 0 Å². The minimum atomic E-state index is -2.06. The van der Waals surface area contributed by atoms with E-state index in [2.05, 4.69) is 4.90 Å². The number of halogens is 1. The molecule has 2 rings (SSSR count). The highest BCUT2D eigenvalue weighted by atomic mass is 19.1. The van der Waals surface area contributed by atoms with E-state index in [-0.39, 0.29) is 12.8 Å². The molecule has 3 nitrogen and oxygen atoms in total. The van der Waals surface area contributed by atoms with Gasteiger partial charge in [0.25, 0.3) is 0 Å². The Morgan fingerprint density at radius 3 is 2.83 bits per heavy atom. The Morgan fingerprint density at radius 1 is 1.39 bits per heavy atom. The van der Waals surface area contributed by atoms with Crippen LogP contribution in [0.3, 0.4) is 0 Å². The monoisotopic (exact) mass is 251 g/mol. The maximum Gasteiger partial charge on any atom is 0.341 e. The van der Waals surface area contributed by atoms with Crippen molar-refractivity contribution in [2.24, 2.45) is 0 Å². The van der Waals surface area contributed by atoms with Crippen molar-refractivity contribution in [1.29, 1.82) is 0 Å². The lowest BCUT2D eigenvalue weighted by molar-refractivity contribution is -0.151. The van der Waals surface area contributed by atoms with Gasteiger partial charge in [0.05, 0.1) is 0 Å². The zero-order valence-corrected chi connectivity index (χ0v) is 10.5. The number of nitrogens with zero attached hydrogens (tertiary/aromatic N) is 1. The van der Waals surface area contributed by atoms with Crippen LogP contribution in [-0.2, 0) is 4.79 Å². The molecular formula is C14H18FNO2. The van der Waals surface area contributed by atoms with Gasteiger partial charge in [-0.15, -0.1) is 0 Å². The molecule has 1 aromatic rings. The fraction of sp³-hybridized carbons (Fsp3) is 0.500. The van der Waals surface area contributed by atoms with Gasteiger partial charge < -0.3 is 10.0 Å².